The van der Waals surface area contributed by atoms with Gasteiger partial charge in [0.05, 0.1) is 6.21 Å². The van der Waals surface area contributed by atoms with Crippen molar-refractivity contribution in [2.75, 3.05) is 13.2 Å². The van der Waals surface area contributed by atoms with Crippen molar-refractivity contribution < 1.29 is 9.53 Å². The van der Waals surface area contributed by atoms with Crippen molar-refractivity contribution in [3.05, 3.63) is 48.0 Å². The summed E-state index contributed by atoms with van der Waals surface area (Å²) in [5.74, 6) is -0.251. The summed E-state index contributed by atoms with van der Waals surface area (Å²) in [5, 5.41) is 6.22. The maximum atomic E-state index is 11.3. The van der Waals surface area contributed by atoms with E-state index in [-0.39, 0.29) is 12.5 Å². The molecule has 0 aromatic heterocycles. The van der Waals surface area contributed by atoms with Gasteiger partial charge in [-0.05, 0) is 29.3 Å². The van der Waals surface area contributed by atoms with E-state index in [9.17, 15) is 4.79 Å². The number of nitrogens with zero attached hydrogens (tertiary/aromatic N) is 1. The molecule has 0 spiro atoms. The van der Waals surface area contributed by atoms with Crippen molar-refractivity contribution in [1.29, 1.82) is 0 Å². The van der Waals surface area contributed by atoms with Crippen LogP contribution in [0.4, 0.5) is 0 Å². The third kappa shape index (κ3) is 3.89. The molecule has 0 heterocycles. The topological polar surface area (TPSA) is 50.7 Å². The molecule has 0 aliphatic heterocycles. The molecule has 2 rings (SSSR count). The Labute approximate surface area is 112 Å². The van der Waals surface area contributed by atoms with Gasteiger partial charge in [-0.25, -0.2) is 5.43 Å². The van der Waals surface area contributed by atoms with Gasteiger partial charge in [0.25, 0.3) is 5.91 Å². The first-order valence-electron chi connectivity index (χ1n) is 6.18. The molecule has 4 nitrogen and oxygen atoms in total. The molecule has 0 unspecified atom stereocenters. The molecular formula is C15H16N2O2. The molecule has 2 aromatic rings. The molecule has 0 radical (unpaired) electrons. The summed E-state index contributed by atoms with van der Waals surface area (Å²) in [6.45, 7) is 2.39. The lowest BCUT2D eigenvalue weighted by molar-refractivity contribution is -0.125. The first kappa shape index (κ1) is 13.2. The number of hydrogen-bond donors (Lipinski definition) is 1. The standard InChI is InChI=1S/C15H16N2O2/c1-2-19-11-15(18)17-16-10-12-7-8-13-5-3-4-6-14(13)9-12/h3-10H,2,11H2,1H3,(H,17,18)/b16-10+. The van der Waals surface area contributed by atoms with Crippen LogP contribution in [0.5, 0.6) is 0 Å². The van der Waals surface area contributed by atoms with Crippen LogP contribution in [0.25, 0.3) is 10.8 Å². The van der Waals surface area contributed by atoms with E-state index in [1.54, 1.807) is 6.21 Å². The van der Waals surface area contributed by atoms with Crippen molar-refractivity contribution in [2.24, 2.45) is 5.10 Å². The lowest BCUT2D eigenvalue weighted by Crippen LogP contribution is -2.22. The fourth-order valence-corrected chi connectivity index (χ4v) is 1.69. The number of benzene rings is 2. The van der Waals surface area contributed by atoms with Gasteiger partial charge in [0, 0.05) is 6.61 Å². The second-order valence-corrected chi connectivity index (χ2v) is 4.04. The van der Waals surface area contributed by atoms with E-state index in [4.69, 9.17) is 4.74 Å². The smallest absolute Gasteiger partial charge is 0.266 e. The largest absolute Gasteiger partial charge is 0.372 e. The van der Waals surface area contributed by atoms with Crippen LogP contribution in [0.2, 0.25) is 0 Å². The maximum absolute atomic E-state index is 11.3. The number of ether oxygens (including phenoxy) is 1. The number of hydrazone groups is 1. The Morgan fingerprint density at radius 1 is 1.26 bits per heavy atom. The van der Waals surface area contributed by atoms with Crippen molar-refractivity contribution in [2.45, 2.75) is 6.92 Å². The number of nitrogens with one attached hydrogen (secondary N) is 1. The van der Waals surface area contributed by atoms with E-state index in [0.29, 0.717) is 6.61 Å². The highest BCUT2D eigenvalue weighted by molar-refractivity contribution is 5.90. The molecule has 0 bridgehead atoms. The van der Waals surface area contributed by atoms with Crippen LogP contribution in [0.3, 0.4) is 0 Å². The van der Waals surface area contributed by atoms with Crippen LogP contribution in [-0.4, -0.2) is 25.3 Å². The van der Waals surface area contributed by atoms with Crippen molar-refractivity contribution in [3.63, 3.8) is 0 Å². The summed E-state index contributed by atoms with van der Waals surface area (Å²) in [6.07, 6.45) is 1.62. The van der Waals surface area contributed by atoms with Gasteiger partial charge in [0.1, 0.15) is 6.61 Å². The van der Waals surface area contributed by atoms with Crippen LogP contribution >= 0.6 is 0 Å². The summed E-state index contributed by atoms with van der Waals surface area (Å²) in [6, 6.07) is 14.1. The summed E-state index contributed by atoms with van der Waals surface area (Å²) in [4.78, 5) is 11.3. The van der Waals surface area contributed by atoms with Crippen LogP contribution in [0.1, 0.15) is 12.5 Å². The van der Waals surface area contributed by atoms with Crippen molar-refractivity contribution >= 4 is 22.9 Å². The fraction of sp³-hybridized carbons (Fsp3) is 0.200. The van der Waals surface area contributed by atoms with Crippen LogP contribution in [0, 0.1) is 0 Å². The molecule has 0 fully saturated rings. The second-order valence-electron chi connectivity index (χ2n) is 4.04. The molecule has 0 aliphatic carbocycles. The Morgan fingerprint density at radius 3 is 2.84 bits per heavy atom. The highest BCUT2D eigenvalue weighted by Gasteiger charge is 1.97. The Morgan fingerprint density at radius 2 is 2.05 bits per heavy atom. The summed E-state index contributed by atoms with van der Waals surface area (Å²) in [5.41, 5.74) is 3.36. The Kier molecular flexibility index (Phi) is 4.64. The molecule has 4 heteroatoms. The molecule has 98 valence electrons. The van der Waals surface area contributed by atoms with E-state index >= 15 is 0 Å². The number of rotatable bonds is 5. The van der Waals surface area contributed by atoms with Gasteiger partial charge >= 0.3 is 0 Å². The lowest BCUT2D eigenvalue weighted by Gasteiger charge is -2.00. The highest BCUT2D eigenvalue weighted by atomic mass is 16.5. The van der Waals surface area contributed by atoms with Gasteiger partial charge in [-0.15, -0.1) is 0 Å². The van der Waals surface area contributed by atoms with Gasteiger partial charge in [-0.2, -0.15) is 5.10 Å². The molecular weight excluding hydrogens is 240 g/mol. The van der Waals surface area contributed by atoms with E-state index < -0.39 is 0 Å². The average molecular weight is 256 g/mol. The molecule has 2 aromatic carbocycles. The zero-order chi connectivity index (χ0) is 13.5. The summed E-state index contributed by atoms with van der Waals surface area (Å²) < 4.78 is 4.97. The number of carbonyl (C=O) groups excluding carboxylic acids is 1. The predicted molar refractivity (Wildman–Crippen MR) is 76.2 cm³/mol. The van der Waals surface area contributed by atoms with Gasteiger partial charge in [-0.1, -0.05) is 36.4 Å². The number of fused-ring (bicyclic) bond motifs is 1. The molecule has 19 heavy (non-hydrogen) atoms. The molecule has 1 amide bonds. The number of carbonyl (C=O) groups is 1. The second kappa shape index (κ2) is 6.66. The van der Waals surface area contributed by atoms with Gasteiger partial charge in [-0.3, -0.25) is 4.79 Å². The molecule has 0 saturated heterocycles. The molecule has 0 saturated carbocycles. The highest BCUT2D eigenvalue weighted by Crippen LogP contribution is 2.14. The van der Waals surface area contributed by atoms with E-state index in [1.165, 1.54) is 5.39 Å². The van der Waals surface area contributed by atoms with Gasteiger partial charge in [0.15, 0.2) is 0 Å². The third-order valence-electron chi connectivity index (χ3n) is 2.61. The van der Waals surface area contributed by atoms with E-state index in [2.05, 4.69) is 16.6 Å². The Balaban J connectivity index is 1.99. The third-order valence-corrected chi connectivity index (χ3v) is 2.61. The molecule has 1 N–H and O–H groups in total. The van der Waals surface area contributed by atoms with Gasteiger partial charge < -0.3 is 4.74 Å². The monoisotopic (exact) mass is 256 g/mol. The van der Waals surface area contributed by atoms with Crippen LogP contribution < -0.4 is 5.43 Å². The maximum Gasteiger partial charge on any atom is 0.266 e. The van der Waals surface area contributed by atoms with Crippen molar-refractivity contribution in [3.8, 4) is 0 Å². The van der Waals surface area contributed by atoms with E-state index in [1.807, 2.05) is 43.3 Å². The minimum absolute atomic E-state index is 0.0333. The lowest BCUT2D eigenvalue weighted by atomic mass is 10.1. The number of amides is 1. The number of hydrogen-bond acceptors (Lipinski definition) is 3. The quantitative estimate of drug-likeness (QED) is 0.659. The minimum atomic E-state index is -0.251. The average Bonchev–Trinajstić information content (AvgIpc) is 2.45. The fourth-order valence-electron chi connectivity index (χ4n) is 1.69. The van der Waals surface area contributed by atoms with E-state index in [0.717, 1.165) is 10.9 Å². The zero-order valence-electron chi connectivity index (χ0n) is 10.8. The molecule has 0 atom stereocenters. The minimum Gasteiger partial charge on any atom is -0.372 e. The Hall–Kier alpha value is -2.20. The van der Waals surface area contributed by atoms with Crippen molar-refractivity contribution in [1.82, 2.24) is 5.43 Å². The zero-order valence-corrected chi connectivity index (χ0v) is 10.8. The SMILES string of the molecule is CCOCC(=O)N/N=C/c1ccc2ccccc2c1. The first-order chi connectivity index (χ1) is 9.29. The van der Waals surface area contributed by atoms with Crippen LogP contribution in [-0.2, 0) is 9.53 Å². The van der Waals surface area contributed by atoms with Crippen LogP contribution in [0.15, 0.2) is 47.6 Å². The normalized spacial score (nSPS) is 11.0. The first-order valence-corrected chi connectivity index (χ1v) is 6.18. The summed E-state index contributed by atoms with van der Waals surface area (Å²) >= 11 is 0. The Bertz CT molecular complexity index is 593. The van der Waals surface area contributed by atoms with Gasteiger partial charge in [0.2, 0.25) is 0 Å². The predicted octanol–water partition coefficient (Wildman–Crippen LogP) is 2.33. The summed E-state index contributed by atoms with van der Waals surface area (Å²) in [7, 11) is 0. The molecule has 0 aliphatic rings.